The third-order valence-corrected chi connectivity index (χ3v) is 7.11. The summed E-state index contributed by atoms with van der Waals surface area (Å²) in [5.74, 6) is 0.774. The van der Waals surface area contributed by atoms with Crippen LogP contribution < -0.4 is 19.5 Å². The summed E-state index contributed by atoms with van der Waals surface area (Å²) in [5.41, 5.74) is 1.93. The van der Waals surface area contributed by atoms with Gasteiger partial charge < -0.3 is 19.5 Å². The van der Waals surface area contributed by atoms with E-state index in [0.29, 0.717) is 46.8 Å². The number of hydrogen-bond acceptors (Lipinski definition) is 7. The van der Waals surface area contributed by atoms with Crippen molar-refractivity contribution in [3.63, 3.8) is 0 Å². The minimum atomic E-state index is -0.705. The topological polar surface area (TPSA) is 89.5 Å². The van der Waals surface area contributed by atoms with Crippen molar-refractivity contribution in [1.29, 1.82) is 0 Å². The summed E-state index contributed by atoms with van der Waals surface area (Å²) in [7, 11) is 4.66. The predicted molar refractivity (Wildman–Crippen MR) is 146 cm³/mol. The first-order valence-electron chi connectivity index (χ1n) is 11.9. The minimum Gasteiger partial charge on any atom is -0.495 e. The van der Waals surface area contributed by atoms with E-state index in [9.17, 15) is 14.0 Å². The molecule has 1 heterocycles. The molecule has 3 aromatic carbocycles. The molecule has 0 aliphatic carbocycles. The molecular formula is C28H28FN3O5S. The van der Waals surface area contributed by atoms with Gasteiger partial charge in [-0.15, -0.1) is 0 Å². The van der Waals surface area contributed by atoms with Gasteiger partial charge in [-0.1, -0.05) is 30.0 Å². The van der Waals surface area contributed by atoms with Crippen molar-refractivity contribution in [2.45, 2.75) is 18.1 Å². The molecule has 3 aromatic rings. The van der Waals surface area contributed by atoms with E-state index in [-0.39, 0.29) is 24.1 Å². The highest BCUT2D eigenvalue weighted by molar-refractivity contribution is 8.15. The summed E-state index contributed by atoms with van der Waals surface area (Å²) in [6.45, 7) is 0.336. The number of amides is 2. The molecule has 10 heteroatoms. The Labute approximate surface area is 224 Å². The summed E-state index contributed by atoms with van der Waals surface area (Å²) in [4.78, 5) is 32.6. The first kappa shape index (κ1) is 27.0. The van der Waals surface area contributed by atoms with Crippen LogP contribution in [0.25, 0.3) is 0 Å². The molecule has 0 bridgehead atoms. The van der Waals surface area contributed by atoms with Crippen LogP contribution in [0.4, 0.5) is 15.8 Å². The number of thioether (sulfide) groups is 1. The van der Waals surface area contributed by atoms with Crippen molar-refractivity contribution in [2.24, 2.45) is 4.99 Å². The van der Waals surface area contributed by atoms with Gasteiger partial charge in [0, 0.05) is 13.0 Å². The Balaban J connectivity index is 1.56. The van der Waals surface area contributed by atoms with E-state index < -0.39 is 5.25 Å². The van der Waals surface area contributed by atoms with E-state index in [4.69, 9.17) is 14.2 Å². The van der Waals surface area contributed by atoms with Crippen LogP contribution in [0.2, 0.25) is 0 Å². The number of nitrogens with one attached hydrogen (secondary N) is 1. The zero-order valence-corrected chi connectivity index (χ0v) is 22.1. The highest BCUT2D eigenvalue weighted by atomic mass is 32.2. The fourth-order valence-corrected chi connectivity index (χ4v) is 5.05. The van der Waals surface area contributed by atoms with Crippen LogP contribution in [0.15, 0.2) is 71.7 Å². The molecule has 1 aliphatic rings. The zero-order chi connectivity index (χ0) is 27.1. The quantitative estimate of drug-likeness (QED) is 0.411. The van der Waals surface area contributed by atoms with Crippen molar-refractivity contribution < 1.29 is 28.2 Å². The molecule has 1 atom stereocenters. The molecule has 38 heavy (non-hydrogen) atoms. The minimum absolute atomic E-state index is 0.0000204. The Bertz CT molecular complexity index is 1330. The van der Waals surface area contributed by atoms with Gasteiger partial charge >= 0.3 is 0 Å². The third-order valence-electron chi connectivity index (χ3n) is 5.92. The average molecular weight is 538 g/mol. The number of carbonyl (C=O) groups excluding carboxylic acids is 2. The Hall–Kier alpha value is -4.05. The molecule has 0 aromatic heterocycles. The third kappa shape index (κ3) is 6.44. The number of anilines is 1. The Morgan fingerprint density at radius 3 is 2.42 bits per heavy atom. The van der Waals surface area contributed by atoms with Crippen LogP contribution in [-0.2, 0) is 16.0 Å². The molecule has 0 saturated carbocycles. The maximum atomic E-state index is 13.5. The molecule has 8 nitrogen and oxygen atoms in total. The number of para-hydroxylation sites is 2. The highest BCUT2D eigenvalue weighted by Crippen LogP contribution is 2.32. The first-order valence-corrected chi connectivity index (χ1v) is 12.8. The molecule has 0 unspecified atom stereocenters. The van der Waals surface area contributed by atoms with Crippen LogP contribution in [0.3, 0.4) is 0 Å². The van der Waals surface area contributed by atoms with Gasteiger partial charge in [-0.3, -0.25) is 14.5 Å². The standard InChI is InChI=1S/C28H28FN3O5S/c1-35-22-7-5-4-6-21(22)31-27(34)25-17-26(33)32(28(38-25)30-20-11-9-19(29)10-12-20)15-14-18-8-13-23(36-2)24(16-18)37-3/h4-13,16,25H,14-15,17H2,1-3H3,(H,31,34)/t25-/m1/s1. The lowest BCUT2D eigenvalue weighted by atomic mass is 10.1. The lowest BCUT2D eigenvalue weighted by Gasteiger charge is -2.32. The van der Waals surface area contributed by atoms with Crippen LogP contribution in [0, 0.1) is 5.82 Å². The van der Waals surface area contributed by atoms with E-state index in [1.165, 1.54) is 43.1 Å². The number of carbonyl (C=O) groups is 2. The van der Waals surface area contributed by atoms with Gasteiger partial charge in [0.2, 0.25) is 11.8 Å². The number of nitrogens with zero attached hydrogens (tertiary/aromatic N) is 2. The first-order chi connectivity index (χ1) is 18.4. The number of rotatable bonds is 9. The van der Waals surface area contributed by atoms with Crippen LogP contribution in [-0.4, -0.2) is 55.0 Å². The van der Waals surface area contributed by atoms with Gasteiger partial charge in [-0.25, -0.2) is 9.38 Å². The van der Waals surface area contributed by atoms with Crippen molar-refractivity contribution in [3.8, 4) is 17.2 Å². The monoisotopic (exact) mass is 537 g/mol. The number of aliphatic imine (C=N–C) groups is 1. The van der Waals surface area contributed by atoms with Crippen molar-refractivity contribution in [3.05, 3.63) is 78.1 Å². The molecular weight excluding hydrogens is 509 g/mol. The normalized spacial score (nSPS) is 16.3. The van der Waals surface area contributed by atoms with E-state index in [2.05, 4.69) is 10.3 Å². The lowest BCUT2D eigenvalue weighted by molar-refractivity contribution is -0.129. The number of ether oxygens (including phenoxy) is 3. The molecule has 1 N–H and O–H groups in total. The summed E-state index contributed by atoms with van der Waals surface area (Å²) in [6.07, 6.45) is 0.521. The highest BCUT2D eigenvalue weighted by Gasteiger charge is 2.36. The summed E-state index contributed by atoms with van der Waals surface area (Å²) in [6, 6.07) is 18.3. The van der Waals surface area contributed by atoms with Crippen LogP contribution >= 0.6 is 11.8 Å². The maximum absolute atomic E-state index is 13.5. The molecule has 1 saturated heterocycles. The summed E-state index contributed by atoms with van der Waals surface area (Å²) < 4.78 is 29.5. The predicted octanol–water partition coefficient (Wildman–Crippen LogP) is 5.05. The van der Waals surface area contributed by atoms with E-state index in [1.807, 2.05) is 18.2 Å². The second-order valence-corrected chi connectivity index (χ2v) is 9.53. The van der Waals surface area contributed by atoms with Crippen molar-refractivity contribution >= 4 is 40.1 Å². The zero-order valence-electron chi connectivity index (χ0n) is 21.3. The van der Waals surface area contributed by atoms with E-state index in [0.717, 1.165) is 5.56 Å². The number of methoxy groups -OCH3 is 3. The maximum Gasteiger partial charge on any atom is 0.238 e. The summed E-state index contributed by atoms with van der Waals surface area (Å²) in [5, 5.41) is 2.52. The molecule has 198 valence electrons. The van der Waals surface area contributed by atoms with Crippen LogP contribution in [0.5, 0.6) is 17.2 Å². The number of halogens is 1. The van der Waals surface area contributed by atoms with Gasteiger partial charge in [0.1, 0.15) is 16.8 Å². The summed E-state index contributed by atoms with van der Waals surface area (Å²) >= 11 is 1.20. The second-order valence-electron chi connectivity index (χ2n) is 8.36. The van der Waals surface area contributed by atoms with Gasteiger partial charge in [-0.05, 0) is 60.5 Å². The molecule has 1 fully saturated rings. The molecule has 0 radical (unpaired) electrons. The van der Waals surface area contributed by atoms with Gasteiger partial charge in [0.05, 0.1) is 32.7 Å². The SMILES string of the molecule is COc1ccccc1NC(=O)[C@H]1CC(=O)N(CCc2ccc(OC)c(OC)c2)C(=Nc2ccc(F)cc2)S1. The number of benzene rings is 3. The Morgan fingerprint density at radius 2 is 1.71 bits per heavy atom. The smallest absolute Gasteiger partial charge is 0.238 e. The van der Waals surface area contributed by atoms with Crippen LogP contribution in [0.1, 0.15) is 12.0 Å². The van der Waals surface area contributed by atoms with Crippen molar-refractivity contribution in [2.75, 3.05) is 33.2 Å². The van der Waals surface area contributed by atoms with E-state index in [1.54, 1.807) is 43.4 Å². The molecule has 2 amide bonds. The van der Waals surface area contributed by atoms with Gasteiger partial charge in [0.15, 0.2) is 16.7 Å². The number of amidine groups is 1. The molecule has 1 aliphatic heterocycles. The molecule has 4 rings (SSSR count). The van der Waals surface area contributed by atoms with Gasteiger partial charge in [0.25, 0.3) is 0 Å². The lowest BCUT2D eigenvalue weighted by Crippen LogP contribution is -2.46. The largest absolute Gasteiger partial charge is 0.495 e. The fourth-order valence-electron chi connectivity index (χ4n) is 3.93. The molecule has 0 spiro atoms. The fraction of sp³-hybridized carbons (Fsp3) is 0.250. The van der Waals surface area contributed by atoms with Gasteiger partial charge in [-0.2, -0.15) is 0 Å². The van der Waals surface area contributed by atoms with E-state index >= 15 is 0 Å². The van der Waals surface area contributed by atoms with Crippen molar-refractivity contribution in [1.82, 2.24) is 4.90 Å². The Morgan fingerprint density at radius 1 is 1.00 bits per heavy atom. The average Bonchev–Trinajstić information content (AvgIpc) is 2.93. The number of hydrogen-bond donors (Lipinski definition) is 1. The second kappa shape index (κ2) is 12.5. The Kier molecular flexibility index (Phi) is 8.85.